The van der Waals surface area contributed by atoms with Crippen LogP contribution in [0.3, 0.4) is 0 Å². The summed E-state index contributed by atoms with van der Waals surface area (Å²) >= 11 is 0. The molecule has 0 radical (unpaired) electrons. The molecule has 1 N–H and O–H groups in total. The summed E-state index contributed by atoms with van der Waals surface area (Å²) in [5.41, 5.74) is 1.57. The van der Waals surface area contributed by atoms with Crippen LogP contribution in [-0.4, -0.2) is 58.0 Å². The minimum atomic E-state index is -0.216. The molecule has 1 amide bonds. The highest BCUT2D eigenvalue weighted by atomic mass is 16.5. The predicted molar refractivity (Wildman–Crippen MR) is 102 cm³/mol. The van der Waals surface area contributed by atoms with Gasteiger partial charge in [-0.2, -0.15) is 0 Å². The molecule has 2 fully saturated rings. The minimum absolute atomic E-state index is 0.0335. The molecule has 0 atom stereocenters. The second-order valence-corrected chi connectivity index (χ2v) is 6.65. The minimum Gasteiger partial charge on any atom is -0.493 e. The van der Waals surface area contributed by atoms with Gasteiger partial charge in [0, 0.05) is 37.5 Å². The third-order valence-electron chi connectivity index (χ3n) is 5.14. The van der Waals surface area contributed by atoms with Gasteiger partial charge in [0.1, 0.15) is 5.69 Å². The van der Waals surface area contributed by atoms with E-state index in [2.05, 4.69) is 4.98 Å². The number of amides is 1. The molecule has 0 spiro atoms. The maximum Gasteiger partial charge on any atom is 0.274 e. The first-order chi connectivity index (χ1) is 13.1. The normalized spacial score (nSPS) is 17.6. The average Bonchev–Trinajstić information content (AvgIpc) is 3.12. The van der Waals surface area contributed by atoms with Crippen LogP contribution in [0.4, 0.5) is 11.4 Å². The fourth-order valence-corrected chi connectivity index (χ4v) is 3.83. The molecule has 0 aliphatic carbocycles. The monoisotopic (exact) mass is 373 g/mol. The number of carbonyl (C=O) groups is 1. The van der Waals surface area contributed by atoms with E-state index in [1.807, 2.05) is 11.0 Å². The molecule has 8 nitrogen and oxygen atoms in total. The Morgan fingerprint density at radius 1 is 1.00 bits per heavy atom. The van der Waals surface area contributed by atoms with Crippen LogP contribution in [0.2, 0.25) is 0 Å². The number of aromatic amines is 1. The van der Waals surface area contributed by atoms with Crippen molar-refractivity contribution in [2.45, 2.75) is 12.8 Å². The number of hydrogen-bond acceptors (Lipinski definition) is 6. The SMILES string of the molecule is COc1cc2[nH]c(=O)c(N3CCOCC3)c(N3CCCC3=O)c2cc1OC. The van der Waals surface area contributed by atoms with Crippen LogP contribution in [-0.2, 0) is 9.53 Å². The van der Waals surface area contributed by atoms with Crippen LogP contribution in [0.1, 0.15) is 12.8 Å². The van der Waals surface area contributed by atoms with Crippen LogP contribution in [0.15, 0.2) is 16.9 Å². The number of hydrogen-bond donors (Lipinski definition) is 1. The van der Waals surface area contributed by atoms with Gasteiger partial charge in [-0.3, -0.25) is 9.59 Å². The fourth-order valence-electron chi connectivity index (χ4n) is 3.83. The van der Waals surface area contributed by atoms with E-state index in [0.29, 0.717) is 67.7 Å². The van der Waals surface area contributed by atoms with Gasteiger partial charge in [0.2, 0.25) is 5.91 Å². The van der Waals surface area contributed by atoms with Crippen molar-refractivity contribution in [3.63, 3.8) is 0 Å². The Balaban J connectivity index is 2.01. The molecule has 144 valence electrons. The Morgan fingerprint density at radius 3 is 2.33 bits per heavy atom. The molecule has 8 heteroatoms. The van der Waals surface area contributed by atoms with Gasteiger partial charge in [0.05, 0.1) is 38.6 Å². The molecule has 2 aliphatic heterocycles. The number of ether oxygens (including phenoxy) is 3. The third-order valence-corrected chi connectivity index (χ3v) is 5.14. The zero-order valence-electron chi connectivity index (χ0n) is 15.5. The Labute approximate surface area is 156 Å². The standard InChI is InChI=1S/C19H23N3O5/c1-25-14-10-12-13(11-15(14)26-2)20-19(24)18(21-6-8-27-9-7-21)17(12)22-5-3-4-16(22)23/h10-11H,3-9H2,1-2H3,(H,20,24). The van der Waals surface area contributed by atoms with E-state index in [0.717, 1.165) is 11.8 Å². The highest BCUT2D eigenvalue weighted by Gasteiger charge is 2.30. The average molecular weight is 373 g/mol. The van der Waals surface area contributed by atoms with E-state index >= 15 is 0 Å². The number of nitrogens with zero attached hydrogens (tertiary/aromatic N) is 2. The number of rotatable bonds is 4. The van der Waals surface area contributed by atoms with Gasteiger partial charge in [0.15, 0.2) is 11.5 Å². The molecule has 2 aliphatic rings. The Kier molecular flexibility index (Phi) is 4.65. The van der Waals surface area contributed by atoms with E-state index < -0.39 is 0 Å². The summed E-state index contributed by atoms with van der Waals surface area (Å²) in [6.07, 6.45) is 1.27. The van der Waals surface area contributed by atoms with Crippen molar-refractivity contribution >= 4 is 28.2 Å². The predicted octanol–water partition coefficient (Wildman–Crippen LogP) is 1.51. The maximum atomic E-state index is 13.0. The molecule has 0 saturated carbocycles. The molecule has 0 bridgehead atoms. The Hall–Kier alpha value is -2.74. The Bertz CT molecular complexity index is 933. The topological polar surface area (TPSA) is 84.1 Å². The van der Waals surface area contributed by atoms with E-state index in [1.54, 1.807) is 25.2 Å². The van der Waals surface area contributed by atoms with Gasteiger partial charge in [-0.05, 0) is 12.5 Å². The van der Waals surface area contributed by atoms with Crippen LogP contribution in [0.5, 0.6) is 11.5 Å². The molecule has 3 heterocycles. The first-order valence-corrected chi connectivity index (χ1v) is 9.09. The quantitative estimate of drug-likeness (QED) is 0.875. The lowest BCUT2D eigenvalue weighted by molar-refractivity contribution is -0.117. The molecule has 2 saturated heterocycles. The van der Waals surface area contributed by atoms with Gasteiger partial charge < -0.3 is 29.0 Å². The van der Waals surface area contributed by atoms with Gasteiger partial charge in [-0.15, -0.1) is 0 Å². The summed E-state index contributed by atoms with van der Waals surface area (Å²) in [6.45, 7) is 2.92. The number of pyridine rings is 1. The maximum absolute atomic E-state index is 13.0. The number of benzene rings is 1. The molecule has 27 heavy (non-hydrogen) atoms. The second-order valence-electron chi connectivity index (χ2n) is 6.65. The fraction of sp³-hybridized carbons (Fsp3) is 0.474. The second kappa shape index (κ2) is 7.11. The van der Waals surface area contributed by atoms with Crippen LogP contribution in [0.25, 0.3) is 10.9 Å². The first-order valence-electron chi connectivity index (χ1n) is 9.09. The molecule has 4 rings (SSSR count). The molecular weight excluding hydrogens is 350 g/mol. The first kappa shape index (κ1) is 17.7. The highest BCUT2D eigenvalue weighted by Crippen LogP contribution is 2.40. The third kappa shape index (κ3) is 2.99. The summed E-state index contributed by atoms with van der Waals surface area (Å²) in [6, 6.07) is 3.57. The Morgan fingerprint density at radius 2 is 1.70 bits per heavy atom. The molecule has 1 aromatic carbocycles. The molecule has 1 aromatic heterocycles. The summed E-state index contributed by atoms with van der Waals surface area (Å²) in [7, 11) is 3.12. The number of methoxy groups -OCH3 is 2. The van der Waals surface area contributed by atoms with Gasteiger partial charge in [-0.1, -0.05) is 0 Å². The van der Waals surface area contributed by atoms with Crippen molar-refractivity contribution in [3.05, 3.63) is 22.5 Å². The van der Waals surface area contributed by atoms with Gasteiger partial charge in [0.25, 0.3) is 5.56 Å². The number of anilines is 2. The van der Waals surface area contributed by atoms with Crippen LogP contribution in [0, 0.1) is 0 Å². The van der Waals surface area contributed by atoms with Crippen molar-refractivity contribution < 1.29 is 19.0 Å². The zero-order valence-corrected chi connectivity index (χ0v) is 15.5. The van der Waals surface area contributed by atoms with Crippen LogP contribution >= 0.6 is 0 Å². The lowest BCUT2D eigenvalue weighted by Gasteiger charge is -2.32. The molecule has 0 unspecified atom stereocenters. The van der Waals surface area contributed by atoms with Crippen LogP contribution < -0.4 is 24.8 Å². The summed E-state index contributed by atoms with van der Waals surface area (Å²) < 4.78 is 16.2. The molecule has 2 aromatic rings. The van der Waals surface area contributed by atoms with Gasteiger partial charge >= 0.3 is 0 Å². The van der Waals surface area contributed by atoms with Crippen molar-refractivity contribution in [3.8, 4) is 11.5 Å². The van der Waals surface area contributed by atoms with E-state index in [-0.39, 0.29) is 11.5 Å². The lowest BCUT2D eigenvalue weighted by Crippen LogP contribution is -2.41. The smallest absolute Gasteiger partial charge is 0.274 e. The number of fused-ring (bicyclic) bond motifs is 1. The lowest BCUT2D eigenvalue weighted by atomic mass is 10.1. The van der Waals surface area contributed by atoms with E-state index in [4.69, 9.17) is 14.2 Å². The van der Waals surface area contributed by atoms with E-state index in [9.17, 15) is 9.59 Å². The number of aromatic nitrogens is 1. The molecular formula is C19H23N3O5. The van der Waals surface area contributed by atoms with Gasteiger partial charge in [-0.25, -0.2) is 0 Å². The zero-order chi connectivity index (χ0) is 19.0. The van der Waals surface area contributed by atoms with E-state index in [1.165, 1.54) is 0 Å². The van der Waals surface area contributed by atoms with Crippen molar-refractivity contribution in [2.24, 2.45) is 0 Å². The summed E-state index contributed by atoms with van der Waals surface area (Å²) in [4.78, 5) is 32.3. The van der Waals surface area contributed by atoms with Crippen molar-refractivity contribution in [2.75, 3.05) is 56.9 Å². The number of H-pyrrole nitrogens is 1. The number of morpholine rings is 1. The highest BCUT2D eigenvalue weighted by molar-refractivity contribution is 6.09. The number of carbonyl (C=O) groups excluding carboxylic acids is 1. The summed E-state index contributed by atoms with van der Waals surface area (Å²) in [5.74, 6) is 1.11. The van der Waals surface area contributed by atoms with Crippen molar-refractivity contribution in [1.82, 2.24) is 4.98 Å². The largest absolute Gasteiger partial charge is 0.493 e. The van der Waals surface area contributed by atoms with Crippen molar-refractivity contribution in [1.29, 1.82) is 0 Å². The summed E-state index contributed by atoms with van der Waals surface area (Å²) in [5, 5.41) is 0.768. The number of nitrogens with one attached hydrogen (secondary N) is 1.